The van der Waals surface area contributed by atoms with Gasteiger partial charge in [-0.3, -0.25) is 0 Å². The van der Waals surface area contributed by atoms with E-state index in [1.165, 1.54) is 6.41 Å². The van der Waals surface area contributed by atoms with E-state index in [1.807, 2.05) is 0 Å². The molecule has 0 saturated carbocycles. The molecule has 0 atom stereocenters. The standard InChI is InChI=1S/C5H7NO.U/c1-2-3-4-6-5-7;/h2-3H,1,4H2,(H,6,7);/q-2;+2. The molecule has 0 aliphatic carbocycles. The quantitative estimate of drug-likeness (QED) is 0.439. The van der Waals surface area contributed by atoms with Crippen molar-refractivity contribution in [3.05, 3.63) is 19.1 Å². The van der Waals surface area contributed by atoms with E-state index < -0.39 is 0 Å². The maximum Gasteiger partial charge on any atom is 2.00 e. The zero-order valence-electron chi connectivity index (χ0n) is 4.48. The van der Waals surface area contributed by atoms with Gasteiger partial charge in [0.05, 0.1) is 0 Å². The van der Waals surface area contributed by atoms with Crippen LogP contribution in [0.4, 0.5) is 0 Å². The smallest absolute Gasteiger partial charge is 0.540 e. The van der Waals surface area contributed by atoms with Gasteiger partial charge in [-0.15, -0.1) is 0 Å². The average molecular weight is 335 g/mol. The Morgan fingerprint density at radius 2 is 2.50 bits per heavy atom. The number of hydrogen-bond donors (Lipinski definition) is 1. The molecule has 0 aromatic rings. The molecule has 3 heteroatoms. The van der Waals surface area contributed by atoms with Crippen LogP contribution >= 0.6 is 0 Å². The van der Waals surface area contributed by atoms with Gasteiger partial charge in [0, 0.05) is 0 Å². The molecule has 0 heterocycles. The van der Waals surface area contributed by atoms with Crippen molar-refractivity contribution in [3.63, 3.8) is 0 Å². The Morgan fingerprint density at radius 1 is 1.88 bits per heavy atom. The van der Waals surface area contributed by atoms with Gasteiger partial charge in [0.15, 0.2) is 0 Å². The van der Waals surface area contributed by atoms with E-state index in [0.29, 0.717) is 6.54 Å². The van der Waals surface area contributed by atoms with Crippen molar-refractivity contribution in [2.75, 3.05) is 6.54 Å². The van der Waals surface area contributed by atoms with Crippen LogP contribution < -0.4 is 5.32 Å². The van der Waals surface area contributed by atoms with Gasteiger partial charge in [0.2, 0.25) is 0 Å². The van der Waals surface area contributed by atoms with Crippen LogP contribution in [0, 0.1) is 37.5 Å². The van der Waals surface area contributed by atoms with E-state index >= 15 is 0 Å². The van der Waals surface area contributed by atoms with E-state index in [0.717, 1.165) is 0 Å². The zero-order chi connectivity index (χ0) is 5.54. The van der Waals surface area contributed by atoms with Crippen molar-refractivity contribution in [1.29, 1.82) is 0 Å². The van der Waals surface area contributed by atoms with Crippen molar-refractivity contribution >= 4 is 6.41 Å². The Kier molecular flexibility index (Phi) is 14.0. The topological polar surface area (TPSA) is 29.1 Å². The molecule has 0 unspecified atom stereocenters. The summed E-state index contributed by atoms with van der Waals surface area (Å²) < 4.78 is 0. The second kappa shape index (κ2) is 10.2. The van der Waals surface area contributed by atoms with Gasteiger partial charge in [0.25, 0.3) is 0 Å². The van der Waals surface area contributed by atoms with Crippen molar-refractivity contribution in [2.45, 2.75) is 0 Å². The van der Waals surface area contributed by atoms with Crippen LogP contribution in [0.1, 0.15) is 0 Å². The van der Waals surface area contributed by atoms with Gasteiger partial charge >= 0.3 is 31.1 Å². The van der Waals surface area contributed by atoms with Gasteiger partial charge < -0.3 is 10.1 Å². The van der Waals surface area contributed by atoms with Gasteiger partial charge in [-0.1, -0.05) is 6.54 Å². The van der Waals surface area contributed by atoms with E-state index in [4.69, 9.17) is 0 Å². The van der Waals surface area contributed by atoms with Crippen LogP contribution in [-0.4, -0.2) is 13.0 Å². The first-order valence-corrected chi connectivity index (χ1v) is 1.96. The molecule has 0 aliphatic rings. The maximum atomic E-state index is 9.39. The normalized spacial score (nSPS) is 6.00. The molecular formula is C5H7NOU. The van der Waals surface area contributed by atoms with Crippen LogP contribution in [0.5, 0.6) is 0 Å². The number of carbonyl (C=O) groups excluding carboxylic acids is 1. The van der Waals surface area contributed by atoms with Crippen LogP contribution in [-0.2, 0) is 4.79 Å². The molecule has 0 saturated heterocycles. The summed E-state index contributed by atoms with van der Waals surface area (Å²) in [5.74, 6) is 0. The van der Waals surface area contributed by atoms with Crippen LogP contribution in [0.15, 0.2) is 12.7 Å². The Morgan fingerprint density at radius 3 is 2.88 bits per heavy atom. The maximum absolute atomic E-state index is 9.39. The molecule has 1 N–H and O–H groups in total. The van der Waals surface area contributed by atoms with E-state index in [1.54, 1.807) is 12.5 Å². The van der Waals surface area contributed by atoms with Crippen molar-refractivity contribution < 1.29 is 35.9 Å². The summed E-state index contributed by atoms with van der Waals surface area (Å²) in [5.41, 5.74) is 0. The number of rotatable bonds is 4. The predicted molar refractivity (Wildman–Crippen MR) is 28.2 cm³/mol. The van der Waals surface area contributed by atoms with Crippen LogP contribution in [0.2, 0.25) is 0 Å². The fourth-order valence-corrected chi connectivity index (χ4v) is 0.184. The molecule has 42 valence electrons. The second-order valence-corrected chi connectivity index (χ2v) is 0.954. The Hall–Kier alpha value is 0.132. The summed E-state index contributed by atoms with van der Waals surface area (Å²) in [5, 5.41) is 2.32. The van der Waals surface area contributed by atoms with Gasteiger partial charge in [-0.25, -0.2) is 19.1 Å². The zero-order valence-corrected chi connectivity index (χ0v) is 8.64. The Labute approximate surface area is 73.1 Å². The summed E-state index contributed by atoms with van der Waals surface area (Å²) in [6, 6.07) is 0. The molecular weight excluding hydrogens is 328 g/mol. The SMILES string of the molecule is C=C[CH-]CN[C-]=O.[U+2]. The first-order chi connectivity index (χ1) is 3.41. The molecule has 0 bridgehead atoms. The minimum absolute atomic E-state index is 0. The van der Waals surface area contributed by atoms with E-state index in [9.17, 15) is 4.79 Å². The van der Waals surface area contributed by atoms with E-state index in [2.05, 4.69) is 11.9 Å². The van der Waals surface area contributed by atoms with Gasteiger partial charge in [0.1, 0.15) is 0 Å². The van der Waals surface area contributed by atoms with Gasteiger partial charge in [-0.05, 0) is 0 Å². The molecule has 2 nitrogen and oxygen atoms in total. The molecule has 8 heavy (non-hydrogen) atoms. The summed E-state index contributed by atoms with van der Waals surface area (Å²) in [7, 11) is 0. The third-order valence-corrected chi connectivity index (χ3v) is 0.459. The fraction of sp³-hybridized carbons (Fsp3) is 0.200. The summed E-state index contributed by atoms with van der Waals surface area (Å²) >= 11 is 0. The molecule has 0 aromatic carbocycles. The second-order valence-electron chi connectivity index (χ2n) is 0.954. The Bertz CT molecular complexity index is 57.4. The van der Waals surface area contributed by atoms with Crippen molar-refractivity contribution in [2.24, 2.45) is 0 Å². The molecule has 1 amide bonds. The Balaban J connectivity index is 0. The first kappa shape index (κ1) is 11.0. The largest absolute Gasteiger partial charge is 2.00 e. The number of amides is 1. The molecule has 0 aliphatic heterocycles. The van der Waals surface area contributed by atoms with Crippen LogP contribution in [0.3, 0.4) is 0 Å². The third-order valence-electron chi connectivity index (χ3n) is 0.459. The first-order valence-electron chi connectivity index (χ1n) is 1.96. The van der Waals surface area contributed by atoms with Gasteiger partial charge in [-0.2, -0.15) is 6.41 Å². The predicted octanol–water partition coefficient (Wildman–Crippen LogP) is 0.0335. The molecule has 0 radical (unpaired) electrons. The fourth-order valence-electron chi connectivity index (χ4n) is 0.184. The molecule has 0 rings (SSSR count). The van der Waals surface area contributed by atoms with Crippen molar-refractivity contribution in [1.82, 2.24) is 5.32 Å². The molecule has 0 fully saturated rings. The summed E-state index contributed by atoms with van der Waals surface area (Å²) in [6.45, 7) is 3.93. The van der Waals surface area contributed by atoms with Crippen LogP contribution in [0.25, 0.3) is 0 Å². The molecule has 0 aromatic heterocycles. The van der Waals surface area contributed by atoms with Crippen molar-refractivity contribution in [3.8, 4) is 0 Å². The molecule has 0 spiro atoms. The monoisotopic (exact) mass is 335 g/mol. The minimum atomic E-state index is 0. The average Bonchev–Trinajstić information content (AvgIpc) is 1.69. The summed E-state index contributed by atoms with van der Waals surface area (Å²) in [6.07, 6.45) is 4.87. The minimum Gasteiger partial charge on any atom is -0.540 e. The number of hydrogen-bond acceptors (Lipinski definition) is 1. The third kappa shape index (κ3) is 9.46. The number of nitrogens with one attached hydrogen (secondary N) is 1. The van der Waals surface area contributed by atoms with E-state index in [-0.39, 0.29) is 31.1 Å². The summed E-state index contributed by atoms with van der Waals surface area (Å²) in [4.78, 5) is 9.39.